The zero-order chi connectivity index (χ0) is 13.7. The van der Waals surface area contributed by atoms with Gasteiger partial charge in [0.1, 0.15) is 5.02 Å². The third-order valence-electron chi connectivity index (χ3n) is 3.04. The van der Waals surface area contributed by atoms with E-state index in [2.05, 4.69) is 37.8 Å². The van der Waals surface area contributed by atoms with Crippen molar-refractivity contribution in [3.8, 4) is 0 Å². The fourth-order valence-electron chi connectivity index (χ4n) is 1.35. The molecule has 18 heavy (non-hydrogen) atoms. The molecule has 1 rings (SSSR count). The maximum absolute atomic E-state index is 11.8. The number of halogens is 1. The first kappa shape index (κ1) is 14.8. The van der Waals surface area contributed by atoms with E-state index in [9.17, 15) is 4.79 Å². The van der Waals surface area contributed by atoms with Crippen molar-refractivity contribution in [3.05, 3.63) is 34.2 Å². The fraction of sp³-hybridized carbons (Fsp3) is 0.538. The standard InChI is InChI=1S/C13H20ClN3O/c1-5-6-17-13(18)12(14)11(8-16-17)15-7-10(4)9(2)3/h5,8-10,15H,1,6-7H2,2-4H3. The van der Waals surface area contributed by atoms with Crippen molar-refractivity contribution >= 4 is 17.3 Å². The Morgan fingerprint density at radius 1 is 1.56 bits per heavy atom. The van der Waals surface area contributed by atoms with Crippen molar-refractivity contribution in [2.45, 2.75) is 27.3 Å². The Morgan fingerprint density at radius 2 is 2.22 bits per heavy atom. The quantitative estimate of drug-likeness (QED) is 0.808. The van der Waals surface area contributed by atoms with Gasteiger partial charge in [-0.2, -0.15) is 5.10 Å². The second kappa shape index (κ2) is 6.59. The van der Waals surface area contributed by atoms with Gasteiger partial charge in [-0.15, -0.1) is 6.58 Å². The fourth-order valence-corrected chi connectivity index (χ4v) is 1.56. The Morgan fingerprint density at radius 3 is 2.78 bits per heavy atom. The zero-order valence-corrected chi connectivity index (χ0v) is 11.9. The number of rotatable bonds is 6. The molecule has 1 aromatic rings. The van der Waals surface area contributed by atoms with E-state index < -0.39 is 0 Å². The molecule has 0 spiro atoms. The lowest BCUT2D eigenvalue weighted by molar-refractivity contribution is 0.439. The minimum Gasteiger partial charge on any atom is -0.382 e. The summed E-state index contributed by atoms with van der Waals surface area (Å²) >= 11 is 6.03. The number of aromatic nitrogens is 2. The molecule has 0 aliphatic carbocycles. The normalized spacial score (nSPS) is 12.5. The first-order valence-electron chi connectivity index (χ1n) is 6.07. The first-order chi connectivity index (χ1) is 8.47. The number of hydrogen-bond donors (Lipinski definition) is 1. The average Bonchev–Trinajstić information content (AvgIpc) is 2.33. The summed E-state index contributed by atoms with van der Waals surface area (Å²) in [5, 5.41) is 7.39. The number of anilines is 1. The van der Waals surface area contributed by atoms with Gasteiger partial charge in [0.15, 0.2) is 0 Å². The molecule has 0 aliphatic heterocycles. The second-order valence-corrected chi connectivity index (χ2v) is 5.13. The summed E-state index contributed by atoms with van der Waals surface area (Å²) in [4.78, 5) is 11.8. The molecule has 0 amide bonds. The summed E-state index contributed by atoms with van der Waals surface area (Å²) < 4.78 is 1.28. The third-order valence-corrected chi connectivity index (χ3v) is 3.40. The van der Waals surface area contributed by atoms with Gasteiger partial charge in [-0.25, -0.2) is 4.68 Å². The topological polar surface area (TPSA) is 46.9 Å². The molecule has 100 valence electrons. The highest BCUT2D eigenvalue weighted by atomic mass is 35.5. The van der Waals surface area contributed by atoms with E-state index in [-0.39, 0.29) is 10.6 Å². The van der Waals surface area contributed by atoms with Crippen LogP contribution in [0.3, 0.4) is 0 Å². The summed E-state index contributed by atoms with van der Waals surface area (Å²) in [5.74, 6) is 1.07. The molecule has 5 heteroatoms. The maximum atomic E-state index is 11.8. The maximum Gasteiger partial charge on any atom is 0.287 e. The molecule has 0 aromatic carbocycles. The van der Waals surface area contributed by atoms with Crippen LogP contribution in [0.1, 0.15) is 20.8 Å². The van der Waals surface area contributed by atoms with Crippen LogP contribution < -0.4 is 10.9 Å². The third kappa shape index (κ3) is 3.60. The van der Waals surface area contributed by atoms with E-state index in [4.69, 9.17) is 11.6 Å². The van der Waals surface area contributed by atoms with Gasteiger partial charge in [0.05, 0.1) is 18.4 Å². The van der Waals surface area contributed by atoms with Crippen molar-refractivity contribution in [2.24, 2.45) is 11.8 Å². The lowest BCUT2D eigenvalue weighted by Gasteiger charge is -2.17. The molecule has 0 aliphatic rings. The Labute approximate surface area is 113 Å². The van der Waals surface area contributed by atoms with Crippen LogP contribution in [-0.4, -0.2) is 16.3 Å². The summed E-state index contributed by atoms with van der Waals surface area (Å²) in [6.07, 6.45) is 3.19. The van der Waals surface area contributed by atoms with Gasteiger partial charge < -0.3 is 5.32 Å². The monoisotopic (exact) mass is 269 g/mol. The van der Waals surface area contributed by atoms with Gasteiger partial charge in [-0.05, 0) is 11.8 Å². The number of nitrogens with zero attached hydrogens (tertiary/aromatic N) is 2. The molecule has 0 saturated heterocycles. The van der Waals surface area contributed by atoms with Crippen LogP contribution in [0.2, 0.25) is 5.02 Å². The summed E-state index contributed by atoms with van der Waals surface area (Å²) in [6, 6.07) is 0. The van der Waals surface area contributed by atoms with Gasteiger partial charge in [-0.1, -0.05) is 38.4 Å². The predicted octanol–water partition coefficient (Wildman–Crippen LogP) is 2.79. The van der Waals surface area contributed by atoms with Crippen LogP contribution in [0.5, 0.6) is 0 Å². The number of nitrogens with one attached hydrogen (secondary N) is 1. The first-order valence-corrected chi connectivity index (χ1v) is 6.45. The van der Waals surface area contributed by atoms with Crippen LogP contribution >= 0.6 is 11.6 Å². The molecule has 0 radical (unpaired) electrons. The largest absolute Gasteiger partial charge is 0.382 e. The molecular formula is C13H20ClN3O. The van der Waals surface area contributed by atoms with Crippen LogP contribution in [0.15, 0.2) is 23.6 Å². The Balaban J connectivity index is 2.82. The number of hydrogen-bond acceptors (Lipinski definition) is 3. The molecule has 1 unspecified atom stereocenters. The SMILES string of the molecule is C=CCn1ncc(NCC(C)C(C)C)c(Cl)c1=O. The van der Waals surface area contributed by atoms with Crippen molar-refractivity contribution in [1.82, 2.24) is 9.78 Å². The van der Waals surface area contributed by atoms with Gasteiger partial charge in [0.2, 0.25) is 0 Å². The Kier molecular flexibility index (Phi) is 5.41. The lowest BCUT2D eigenvalue weighted by atomic mass is 9.98. The van der Waals surface area contributed by atoms with Gasteiger partial charge >= 0.3 is 0 Å². The number of allylic oxidation sites excluding steroid dienone is 1. The highest BCUT2D eigenvalue weighted by Gasteiger charge is 2.11. The van der Waals surface area contributed by atoms with E-state index in [1.165, 1.54) is 4.68 Å². The van der Waals surface area contributed by atoms with E-state index in [1.54, 1.807) is 12.3 Å². The van der Waals surface area contributed by atoms with Crippen molar-refractivity contribution < 1.29 is 0 Å². The van der Waals surface area contributed by atoms with Crippen molar-refractivity contribution in [2.75, 3.05) is 11.9 Å². The van der Waals surface area contributed by atoms with Crippen molar-refractivity contribution in [1.29, 1.82) is 0 Å². The second-order valence-electron chi connectivity index (χ2n) is 4.75. The molecule has 0 bridgehead atoms. The zero-order valence-electron chi connectivity index (χ0n) is 11.1. The highest BCUT2D eigenvalue weighted by Crippen LogP contribution is 2.17. The minimum absolute atomic E-state index is 0.183. The van der Waals surface area contributed by atoms with Crippen molar-refractivity contribution in [3.63, 3.8) is 0 Å². The summed E-state index contributed by atoms with van der Waals surface area (Å²) in [7, 11) is 0. The predicted molar refractivity (Wildman–Crippen MR) is 76.2 cm³/mol. The molecule has 4 nitrogen and oxygen atoms in total. The molecule has 0 fully saturated rings. The molecular weight excluding hydrogens is 250 g/mol. The average molecular weight is 270 g/mol. The van der Waals surface area contributed by atoms with Gasteiger partial charge in [0.25, 0.3) is 5.56 Å². The molecule has 1 heterocycles. The highest BCUT2D eigenvalue weighted by molar-refractivity contribution is 6.32. The van der Waals surface area contributed by atoms with E-state index in [0.717, 1.165) is 6.54 Å². The van der Waals surface area contributed by atoms with Crippen LogP contribution in [-0.2, 0) is 6.54 Å². The molecule has 1 aromatic heterocycles. The van der Waals surface area contributed by atoms with E-state index in [1.807, 2.05) is 0 Å². The van der Waals surface area contributed by atoms with E-state index >= 15 is 0 Å². The van der Waals surface area contributed by atoms with Gasteiger partial charge in [0, 0.05) is 6.54 Å². The van der Waals surface area contributed by atoms with E-state index in [0.29, 0.717) is 24.1 Å². The van der Waals surface area contributed by atoms with Crippen LogP contribution in [0.25, 0.3) is 0 Å². The smallest absolute Gasteiger partial charge is 0.287 e. The lowest BCUT2D eigenvalue weighted by Crippen LogP contribution is -2.25. The Hall–Kier alpha value is -1.29. The molecule has 1 N–H and O–H groups in total. The van der Waals surface area contributed by atoms with Gasteiger partial charge in [-0.3, -0.25) is 4.79 Å². The summed E-state index contributed by atoms with van der Waals surface area (Å²) in [6.45, 7) is 11.2. The minimum atomic E-state index is -0.293. The Bertz CT molecular complexity index is 468. The van der Waals surface area contributed by atoms with Crippen LogP contribution in [0, 0.1) is 11.8 Å². The summed E-state index contributed by atoms with van der Waals surface area (Å²) in [5.41, 5.74) is 0.299. The van der Waals surface area contributed by atoms with Crippen LogP contribution in [0.4, 0.5) is 5.69 Å². The molecule has 1 atom stereocenters. The molecule has 0 saturated carbocycles.